The number of hydrogen-bond donors (Lipinski definition) is 1. The predicted molar refractivity (Wildman–Crippen MR) is 89.9 cm³/mol. The maximum absolute atomic E-state index is 5.77. The normalized spacial score (nSPS) is 11.0. The number of aryl methyl sites for hydroxylation is 2. The Bertz CT molecular complexity index is 984. The van der Waals surface area contributed by atoms with E-state index in [1.807, 2.05) is 47.9 Å². The molecule has 114 valence electrons. The largest absolute Gasteiger partial charge is 0.460 e. The van der Waals surface area contributed by atoms with E-state index in [9.17, 15) is 0 Å². The van der Waals surface area contributed by atoms with Crippen molar-refractivity contribution in [3.8, 4) is 11.5 Å². The summed E-state index contributed by atoms with van der Waals surface area (Å²) in [6, 6.07) is 12.0. The highest BCUT2D eigenvalue weighted by Crippen LogP contribution is 2.32. The van der Waals surface area contributed by atoms with E-state index in [1.54, 1.807) is 12.4 Å². The van der Waals surface area contributed by atoms with Crippen LogP contribution >= 0.6 is 0 Å². The lowest BCUT2D eigenvalue weighted by atomic mass is 10.2. The molecule has 1 N–H and O–H groups in total. The van der Waals surface area contributed by atoms with Crippen LogP contribution in [0.3, 0.4) is 0 Å². The van der Waals surface area contributed by atoms with Crippen LogP contribution in [-0.2, 0) is 0 Å². The molecule has 0 saturated carbocycles. The van der Waals surface area contributed by atoms with Gasteiger partial charge < -0.3 is 9.73 Å². The Hall–Kier alpha value is -3.08. The predicted octanol–water partition coefficient (Wildman–Crippen LogP) is 4.35. The number of imidazole rings is 1. The molecule has 3 heterocycles. The molecule has 0 aliphatic carbocycles. The fraction of sp³-hybridized carbons (Fsp3) is 0.111. The van der Waals surface area contributed by atoms with E-state index in [0.29, 0.717) is 0 Å². The van der Waals surface area contributed by atoms with Gasteiger partial charge in [-0.3, -0.25) is 9.38 Å². The average molecular weight is 304 g/mol. The van der Waals surface area contributed by atoms with Crippen molar-refractivity contribution >= 4 is 17.2 Å². The summed E-state index contributed by atoms with van der Waals surface area (Å²) in [6.45, 7) is 4.00. The zero-order chi connectivity index (χ0) is 15.8. The van der Waals surface area contributed by atoms with Crippen LogP contribution in [0.15, 0.2) is 59.4 Å². The van der Waals surface area contributed by atoms with Gasteiger partial charge in [0.05, 0.1) is 6.20 Å². The highest BCUT2D eigenvalue weighted by Gasteiger charge is 2.17. The first-order valence-corrected chi connectivity index (χ1v) is 7.44. The summed E-state index contributed by atoms with van der Waals surface area (Å²) in [7, 11) is 0. The van der Waals surface area contributed by atoms with Gasteiger partial charge in [-0.2, -0.15) is 0 Å². The molecular formula is C18H16N4O. The Labute approximate surface area is 133 Å². The second-order valence-electron chi connectivity index (χ2n) is 5.46. The Balaban J connectivity index is 1.91. The van der Waals surface area contributed by atoms with E-state index in [2.05, 4.69) is 28.3 Å². The van der Waals surface area contributed by atoms with Gasteiger partial charge in [-0.05, 0) is 37.6 Å². The van der Waals surface area contributed by atoms with Crippen molar-refractivity contribution in [2.24, 2.45) is 0 Å². The molecule has 23 heavy (non-hydrogen) atoms. The number of furan rings is 1. The zero-order valence-electron chi connectivity index (χ0n) is 12.9. The third-order valence-corrected chi connectivity index (χ3v) is 3.80. The first kappa shape index (κ1) is 13.6. The van der Waals surface area contributed by atoms with E-state index in [4.69, 9.17) is 4.42 Å². The number of anilines is 2. The maximum atomic E-state index is 5.77. The fourth-order valence-electron chi connectivity index (χ4n) is 2.60. The highest BCUT2D eigenvalue weighted by atomic mass is 16.3. The lowest BCUT2D eigenvalue weighted by molar-refractivity contribution is 0.547. The van der Waals surface area contributed by atoms with E-state index in [0.717, 1.165) is 39.9 Å². The maximum Gasteiger partial charge on any atom is 0.157 e. The van der Waals surface area contributed by atoms with Gasteiger partial charge >= 0.3 is 0 Å². The fourth-order valence-corrected chi connectivity index (χ4v) is 2.60. The van der Waals surface area contributed by atoms with Gasteiger partial charge in [0.2, 0.25) is 0 Å². The van der Waals surface area contributed by atoms with Gasteiger partial charge in [0.1, 0.15) is 17.3 Å². The van der Waals surface area contributed by atoms with Crippen molar-refractivity contribution in [2.75, 3.05) is 5.32 Å². The van der Waals surface area contributed by atoms with Gasteiger partial charge in [0.15, 0.2) is 11.4 Å². The van der Waals surface area contributed by atoms with E-state index in [-0.39, 0.29) is 0 Å². The van der Waals surface area contributed by atoms with Crippen molar-refractivity contribution in [3.05, 3.63) is 66.3 Å². The molecule has 4 rings (SSSR count). The molecule has 0 aliphatic heterocycles. The third-order valence-electron chi connectivity index (χ3n) is 3.80. The molecule has 4 aromatic rings. The van der Waals surface area contributed by atoms with E-state index >= 15 is 0 Å². The first-order valence-electron chi connectivity index (χ1n) is 7.44. The lowest BCUT2D eigenvalue weighted by Crippen LogP contribution is -1.98. The number of aromatic nitrogens is 3. The topological polar surface area (TPSA) is 55.4 Å². The van der Waals surface area contributed by atoms with Gasteiger partial charge in [0, 0.05) is 18.1 Å². The number of benzene rings is 1. The van der Waals surface area contributed by atoms with Gasteiger partial charge in [-0.1, -0.05) is 18.2 Å². The summed E-state index contributed by atoms with van der Waals surface area (Å²) >= 11 is 0. The molecule has 0 bridgehead atoms. The van der Waals surface area contributed by atoms with Crippen molar-refractivity contribution in [1.29, 1.82) is 0 Å². The highest BCUT2D eigenvalue weighted by molar-refractivity contribution is 5.77. The summed E-state index contributed by atoms with van der Waals surface area (Å²) < 4.78 is 7.75. The quantitative estimate of drug-likeness (QED) is 0.611. The van der Waals surface area contributed by atoms with Crippen LogP contribution in [0.5, 0.6) is 0 Å². The minimum Gasteiger partial charge on any atom is -0.460 e. The molecule has 0 radical (unpaired) electrons. The van der Waals surface area contributed by atoms with Crippen LogP contribution in [0.1, 0.15) is 11.3 Å². The molecule has 0 spiro atoms. The van der Waals surface area contributed by atoms with Crippen LogP contribution < -0.4 is 5.32 Å². The van der Waals surface area contributed by atoms with Crippen molar-refractivity contribution in [3.63, 3.8) is 0 Å². The first-order chi connectivity index (χ1) is 11.2. The number of nitrogens with zero attached hydrogens (tertiary/aromatic N) is 3. The van der Waals surface area contributed by atoms with E-state index in [1.165, 1.54) is 0 Å². The van der Waals surface area contributed by atoms with Crippen LogP contribution in [0.2, 0.25) is 0 Å². The van der Waals surface area contributed by atoms with Crippen molar-refractivity contribution in [1.82, 2.24) is 14.4 Å². The summed E-state index contributed by atoms with van der Waals surface area (Å²) in [5, 5.41) is 3.48. The molecule has 0 amide bonds. The molecule has 3 aromatic heterocycles. The smallest absolute Gasteiger partial charge is 0.157 e. The molecule has 1 aromatic carbocycles. The third kappa shape index (κ3) is 2.36. The molecule has 5 nitrogen and oxygen atoms in total. The lowest BCUT2D eigenvalue weighted by Gasteiger charge is -2.10. The SMILES string of the molecule is Cc1ccc(-c2nc3cnccn3c2Nc2ccccc2C)o1. The number of hydrogen-bond acceptors (Lipinski definition) is 4. The molecule has 0 saturated heterocycles. The van der Waals surface area contributed by atoms with Crippen LogP contribution in [-0.4, -0.2) is 14.4 Å². The van der Waals surface area contributed by atoms with Crippen LogP contribution in [0, 0.1) is 13.8 Å². The molecule has 0 fully saturated rings. The summed E-state index contributed by atoms with van der Waals surface area (Å²) in [6.07, 6.45) is 5.37. The Morgan fingerprint density at radius 1 is 1.09 bits per heavy atom. The number of nitrogens with one attached hydrogen (secondary N) is 1. The summed E-state index contributed by atoms with van der Waals surface area (Å²) in [5.41, 5.74) is 3.75. The molecule has 0 atom stereocenters. The molecular weight excluding hydrogens is 288 g/mol. The van der Waals surface area contributed by atoms with Gasteiger partial charge in [-0.15, -0.1) is 0 Å². The summed E-state index contributed by atoms with van der Waals surface area (Å²) in [5.74, 6) is 2.46. The number of para-hydroxylation sites is 1. The van der Waals surface area contributed by atoms with E-state index < -0.39 is 0 Å². The van der Waals surface area contributed by atoms with Crippen molar-refractivity contribution in [2.45, 2.75) is 13.8 Å². The molecule has 0 aliphatic rings. The van der Waals surface area contributed by atoms with Gasteiger partial charge in [0.25, 0.3) is 0 Å². The Morgan fingerprint density at radius 2 is 1.96 bits per heavy atom. The minimum atomic E-state index is 0.738. The Morgan fingerprint density at radius 3 is 2.74 bits per heavy atom. The molecule has 0 unspecified atom stereocenters. The minimum absolute atomic E-state index is 0.738. The molecule has 5 heteroatoms. The average Bonchev–Trinajstić information content (AvgIpc) is 3.14. The zero-order valence-corrected chi connectivity index (χ0v) is 12.9. The number of rotatable bonds is 3. The van der Waals surface area contributed by atoms with Gasteiger partial charge in [-0.25, -0.2) is 4.98 Å². The monoisotopic (exact) mass is 304 g/mol. The second-order valence-corrected chi connectivity index (χ2v) is 5.46. The van der Waals surface area contributed by atoms with Crippen LogP contribution in [0.4, 0.5) is 11.5 Å². The number of fused-ring (bicyclic) bond motifs is 1. The summed E-state index contributed by atoms with van der Waals surface area (Å²) in [4.78, 5) is 8.82. The van der Waals surface area contributed by atoms with Crippen molar-refractivity contribution < 1.29 is 4.42 Å². The standard InChI is InChI=1S/C18H16N4O/c1-12-5-3-4-6-14(12)20-18-17(15-8-7-13(2)23-15)21-16-11-19-9-10-22(16)18/h3-11,20H,1-2H3. The Kier molecular flexibility index (Phi) is 3.12. The second kappa shape index (κ2) is 5.28. The van der Waals surface area contributed by atoms with Crippen LogP contribution in [0.25, 0.3) is 17.1 Å².